The second-order valence-corrected chi connectivity index (χ2v) is 5.54. The molecule has 25 heavy (non-hydrogen) atoms. The van der Waals surface area contributed by atoms with E-state index in [-0.39, 0.29) is 23.0 Å². The second kappa shape index (κ2) is 7.62. The van der Waals surface area contributed by atoms with Crippen molar-refractivity contribution < 1.29 is 18.0 Å². The summed E-state index contributed by atoms with van der Waals surface area (Å²) in [4.78, 5) is 25.1. The molecule has 0 saturated carbocycles. The average molecular weight is 355 g/mol. The van der Waals surface area contributed by atoms with Crippen LogP contribution >= 0.6 is 0 Å². The first-order chi connectivity index (χ1) is 11.8. The van der Waals surface area contributed by atoms with Gasteiger partial charge in [0.05, 0.1) is 5.69 Å². The number of nitrogens with one attached hydrogen (secondary N) is 1. The number of carbonyl (C=O) groups is 1. The molecule has 2 rings (SSSR count). The van der Waals surface area contributed by atoms with Crippen LogP contribution in [0.15, 0.2) is 17.6 Å². The van der Waals surface area contributed by atoms with Crippen LogP contribution in [0.3, 0.4) is 0 Å². The Labute approximate surface area is 143 Å². The van der Waals surface area contributed by atoms with Crippen LogP contribution in [-0.4, -0.2) is 54.3 Å². The first kappa shape index (κ1) is 18.9. The highest BCUT2D eigenvalue weighted by molar-refractivity contribution is 6.25. The molecule has 0 bridgehead atoms. The Kier molecular flexibility index (Phi) is 5.76. The molecule has 1 fully saturated rings. The van der Waals surface area contributed by atoms with E-state index in [4.69, 9.17) is 0 Å². The van der Waals surface area contributed by atoms with Gasteiger partial charge in [-0.3, -0.25) is 9.79 Å². The van der Waals surface area contributed by atoms with Gasteiger partial charge in [-0.2, -0.15) is 18.2 Å². The Hall–Kier alpha value is -2.45. The Morgan fingerprint density at radius 1 is 1.36 bits per heavy atom. The second-order valence-electron chi connectivity index (χ2n) is 5.54. The van der Waals surface area contributed by atoms with Crippen LogP contribution in [-0.2, 0) is 4.79 Å². The summed E-state index contributed by atoms with van der Waals surface area (Å²) in [7, 11) is 1.07. The van der Waals surface area contributed by atoms with Crippen molar-refractivity contribution in [2.75, 3.05) is 36.9 Å². The van der Waals surface area contributed by atoms with Crippen LogP contribution in [0.1, 0.15) is 25.5 Å². The van der Waals surface area contributed by atoms with Gasteiger partial charge in [-0.05, 0) is 6.92 Å². The van der Waals surface area contributed by atoms with Gasteiger partial charge in [0.2, 0.25) is 5.95 Å². The van der Waals surface area contributed by atoms with Crippen LogP contribution in [0.2, 0.25) is 0 Å². The molecule has 2 heterocycles. The van der Waals surface area contributed by atoms with Gasteiger partial charge in [0.15, 0.2) is 0 Å². The number of alkyl halides is 3. The molecule has 1 aliphatic heterocycles. The third-order valence-corrected chi connectivity index (χ3v) is 3.76. The predicted molar refractivity (Wildman–Crippen MR) is 91.1 cm³/mol. The number of anilines is 2. The number of nitrogens with zero attached hydrogens (tertiary/aromatic N) is 4. The van der Waals surface area contributed by atoms with Gasteiger partial charge in [-0.25, -0.2) is 4.98 Å². The normalized spacial score (nSPS) is 16.1. The Bertz CT molecular complexity index is 690. The highest BCUT2D eigenvalue weighted by Crippen LogP contribution is 2.28. The Morgan fingerprint density at radius 3 is 2.52 bits per heavy atom. The zero-order valence-corrected chi connectivity index (χ0v) is 14.2. The van der Waals surface area contributed by atoms with Crippen molar-refractivity contribution in [3.63, 3.8) is 0 Å². The number of hydrogen-bond donors (Lipinski definition) is 1. The van der Waals surface area contributed by atoms with E-state index in [2.05, 4.69) is 26.9 Å². The fourth-order valence-electron chi connectivity index (χ4n) is 2.51. The van der Waals surface area contributed by atoms with Crippen molar-refractivity contribution in [2.24, 2.45) is 4.99 Å². The summed E-state index contributed by atoms with van der Waals surface area (Å²) in [6.45, 7) is 6.80. The number of piperidine rings is 1. The summed E-state index contributed by atoms with van der Waals surface area (Å²) in [5.74, 6) is 0.833. The third kappa shape index (κ3) is 4.55. The van der Waals surface area contributed by atoms with Crippen molar-refractivity contribution in [2.45, 2.75) is 25.9 Å². The number of Topliss-reactive ketones (excluding diaryl/α,β-unsaturated/α-hetero) is 1. The summed E-state index contributed by atoms with van der Waals surface area (Å²) in [5, 5.41) is 2.98. The van der Waals surface area contributed by atoms with E-state index in [1.165, 1.54) is 6.07 Å². The number of aromatic nitrogens is 2. The van der Waals surface area contributed by atoms with Gasteiger partial charge in [-0.15, -0.1) is 0 Å². The lowest BCUT2D eigenvalue weighted by Gasteiger charge is -2.27. The van der Waals surface area contributed by atoms with E-state index in [1.54, 1.807) is 4.90 Å². The number of carbonyl (C=O) groups excluding carboxylic acids is 1. The summed E-state index contributed by atoms with van der Waals surface area (Å²) in [5.41, 5.74) is -1.34. The van der Waals surface area contributed by atoms with E-state index in [9.17, 15) is 18.0 Å². The molecule has 0 aliphatic carbocycles. The molecule has 0 unspecified atom stereocenters. The van der Waals surface area contributed by atoms with Gasteiger partial charge in [0.25, 0.3) is 0 Å². The maximum absolute atomic E-state index is 13.1. The minimum atomic E-state index is -4.62. The number of halogens is 3. The molecule has 0 atom stereocenters. The highest BCUT2D eigenvalue weighted by atomic mass is 19.4. The number of rotatable bonds is 5. The molecule has 1 aliphatic rings. The van der Waals surface area contributed by atoms with Crippen molar-refractivity contribution in [3.8, 4) is 0 Å². The lowest BCUT2D eigenvalue weighted by Crippen LogP contribution is -2.35. The van der Waals surface area contributed by atoms with Gasteiger partial charge >= 0.3 is 6.18 Å². The molecule has 1 aromatic heterocycles. The Balaban J connectivity index is 2.40. The molecule has 136 valence electrons. The quantitative estimate of drug-likeness (QED) is 0.823. The monoisotopic (exact) mass is 355 g/mol. The zero-order chi connectivity index (χ0) is 18.6. The molecule has 9 heteroatoms. The third-order valence-electron chi connectivity index (χ3n) is 3.76. The topological polar surface area (TPSA) is 70.5 Å². The van der Waals surface area contributed by atoms with E-state index >= 15 is 0 Å². The SMILES string of the molecule is C=C(C(=NC)C(F)(F)F)c1cc(NCC)nc(N2CCC(=O)CC2)n1. The van der Waals surface area contributed by atoms with Crippen LogP contribution in [0.5, 0.6) is 0 Å². The zero-order valence-electron chi connectivity index (χ0n) is 14.2. The molecule has 6 nitrogen and oxygen atoms in total. The largest absolute Gasteiger partial charge is 0.433 e. The predicted octanol–water partition coefficient (Wildman–Crippen LogP) is 2.72. The van der Waals surface area contributed by atoms with E-state index < -0.39 is 11.9 Å². The fraction of sp³-hybridized carbons (Fsp3) is 0.500. The van der Waals surface area contributed by atoms with Crippen molar-refractivity contribution in [3.05, 3.63) is 18.3 Å². The summed E-state index contributed by atoms with van der Waals surface area (Å²) in [6, 6.07) is 1.42. The Morgan fingerprint density at radius 2 is 2.00 bits per heavy atom. The first-order valence-electron chi connectivity index (χ1n) is 7.89. The maximum Gasteiger partial charge on any atom is 0.433 e. The van der Waals surface area contributed by atoms with Crippen LogP contribution in [0, 0.1) is 0 Å². The maximum atomic E-state index is 13.1. The molecular weight excluding hydrogens is 335 g/mol. The van der Waals surface area contributed by atoms with Crippen molar-refractivity contribution in [1.82, 2.24) is 9.97 Å². The summed E-state index contributed by atoms with van der Waals surface area (Å²) in [6.07, 6.45) is -3.88. The fourth-order valence-corrected chi connectivity index (χ4v) is 2.51. The van der Waals surface area contributed by atoms with Crippen LogP contribution < -0.4 is 10.2 Å². The van der Waals surface area contributed by atoms with Crippen LogP contribution in [0.25, 0.3) is 5.57 Å². The lowest BCUT2D eigenvalue weighted by molar-refractivity contribution is -0.119. The first-order valence-corrected chi connectivity index (χ1v) is 7.89. The number of hydrogen-bond acceptors (Lipinski definition) is 6. The van der Waals surface area contributed by atoms with Crippen LogP contribution in [0.4, 0.5) is 24.9 Å². The molecule has 0 aromatic carbocycles. The minimum Gasteiger partial charge on any atom is -0.370 e. The molecule has 0 spiro atoms. The molecule has 0 radical (unpaired) electrons. The molecular formula is C16H20F3N5O. The smallest absolute Gasteiger partial charge is 0.370 e. The number of ketones is 1. The minimum absolute atomic E-state index is 0.0516. The van der Waals surface area contributed by atoms with Gasteiger partial charge in [0.1, 0.15) is 17.3 Å². The lowest BCUT2D eigenvalue weighted by atomic mass is 10.1. The highest BCUT2D eigenvalue weighted by Gasteiger charge is 2.38. The summed E-state index contributed by atoms with van der Waals surface area (Å²) < 4.78 is 39.3. The van der Waals surface area contributed by atoms with Gasteiger partial charge in [-0.1, -0.05) is 6.58 Å². The molecule has 1 saturated heterocycles. The average Bonchev–Trinajstić information content (AvgIpc) is 2.54. The van der Waals surface area contributed by atoms with Gasteiger partial charge in [0, 0.05) is 51.2 Å². The molecule has 1 aromatic rings. The number of aliphatic imine (C=N–C) groups is 1. The standard InChI is InChI=1S/C16H20F3N5O/c1-4-21-13-9-12(10(2)14(20-3)16(17,18)19)22-15(23-13)24-7-5-11(25)6-8-24/h9H,2,4-8H2,1,3H3,(H,21,22,23). The molecule has 0 amide bonds. The molecule has 1 N–H and O–H groups in total. The number of allylic oxidation sites excluding steroid dienone is 1. The van der Waals surface area contributed by atoms with E-state index in [1.807, 2.05) is 6.92 Å². The van der Waals surface area contributed by atoms with E-state index in [0.29, 0.717) is 38.3 Å². The van der Waals surface area contributed by atoms with Crippen molar-refractivity contribution in [1.29, 1.82) is 0 Å². The van der Waals surface area contributed by atoms with Gasteiger partial charge < -0.3 is 10.2 Å². The van der Waals surface area contributed by atoms with E-state index in [0.717, 1.165) is 7.05 Å². The van der Waals surface area contributed by atoms with Crippen molar-refractivity contribution >= 4 is 28.8 Å². The summed E-state index contributed by atoms with van der Waals surface area (Å²) >= 11 is 0.